The molecule has 27 heavy (non-hydrogen) atoms. The summed E-state index contributed by atoms with van der Waals surface area (Å²) < 4.78 is 35.5. The second kappa shape index (κ2) is 9.38. The molecule has 0 atom stereocenters. The number of thioether (sulfide) groups is 1. The predicted molar refractivity (Wildman–Crippen MR) is 93.3 cm³/mol. The van der Waals surface area contributed by atoms with E-state index in [1.807, 2.05) is 6.26 Å². The summed E-state index contributed by atoms with van der Waals surface area (Å²) in [5, 5.41) is 14.5. The minimum absolute atomic E-state index is 0. The predicted octanol–water partition coefficient (Wildman–Crippen LogP) is -1.46. The van der Waals surface area contributed by atoms with Crippen LogP contribution in [0.3, 0.4) is 0 Å². The van der Waals surface area contributed by atoms with Crippen molar-refractivity contribution in [1.29, 1.82) is 0 Å². The Bertz CT molecular complexity index is 1070. The van der Waals surface area contributed by atoms with Gasteiger partial charge in [-0.3, -0.25) is 4.79 Å². The molecule has 2 aromatic carbocycles. The van der Waals surface area contributed by atoms with Crippen molar-refractivity contribution in [3.63, 3.8) is 0 Å². The van der Waals surface area contributed by atoms with Gasteiger partial charge in [0.2, 0.25) is 5.16 Å². The molecule has 3 aromatic rings. The first-order valence-corrected chi connectivity index (χ1v) is 9.82. The molecule has 134 valence electrons. The van der Waals surface area contributed by atoms with E-state index in [1.165, 1.54) is 34.6 Å². The fraction of sp³-hybridized carbons (Fsp3) is 0.0667. The number of carbonyl (C=O) groups excluding carboxylic acids is 1. The normalized spacial score (nSPS) is 10.9. The van der Waals surface area contributed by atoms with Gasteiger partial charge >= 0.3 is 51.4 Å². The molecular formula is C15H12KN5O4S2. The first kappa shape index (κ1) is 22.2. The van der Waals surface area contributed by atoms with Crippen molar-refractivity contribution in [2.75, 3.05) is 11.6 Å². The van der Waals surface area contributed by atoms with Crippen LogP contribution in [0.2, 0.25) is 0 Å². The summed E-state index contributed by atoms with van der Waals surface area (Å²) in [6, 6.07) is 11.9. The molecule has 0 bridgehead atoms. The van der Waals surface area contributed by atoms with Crippen LogP contribution >= 0.6 is 11.8 Å². The molecule has 0 saturated carbocycles. The van der Waals surface area contributed by atoms with Gasteiger partial charge in [-0.2, -0.15) is 4.68 Å². The van der Waals surface area contributed by atoms with Crippen molar-refractivity contribution in [1.82, 2.24) is 20.2 Å². The van der Waals surface area contributed by atoms with E-state index in [0.29, 0.717) is 16.5 Å². The number of nitrogens with zero attached hydrogens (tertiary/aromatic N) is 4. The van der Waals surface area contributed by atoms with Crippen LogP contribution in [-0.2, 0) is 10.1 Å². The molecule has 3 rings (SSSR count). The average molecular weight is 430 g/mol. The zero-order valence-electron chi connectivity index (χ0n) is 14.4. The smallest absolute Gasteiger partial charge is 0.744 e. The van der Waals surface area contributed by atoms with Gasteiger partial charge in [-0.25, -0.2) is 8.42 Å². The molecule has 0 aliphatic carbocycles. The maximum Gasteiger partial charge on any atom is 1.00 e. The number of nitrogens with one attached hydrogen (secondary N) is 1. The summed E-state index contributed by atoms with van der Waals surface area (Å²) in [5.41, 5.74) is 0.787. The van der Waals surface area contributed by atoms with Crippen molar-refractivity contribution in [3.05, 3.63) is 54.1 Å². The molecule has 0 unspecified atom stereocenters. The first-order chi connectivity index (χ1) is 12.4. The van der Waals surface area contributed by atoms with E-state index in [-0.39, 0.29) is 56.9 Å². The Morgan fingerprint density at radius 3 is 2.63 bits per heavy atom. The fourth-order valence-corrected chi connectivity index (χ4v) is 3.36. The van der Waals surface area contributed by atoms with Crippen LogP contribution in [0.1, 0.15) is 10.4 Å². The first-order valence-electron chi connectivity index (χ1n) is 7.19. The van der Waals surface area contributed by atoms with E-state index in [9.17, 15) is 17.8 Å². The van der Waals surface area contributed by atoms with Crippen LogP contribution in [0.5, 0.6) is 0 Å². The number of tetrazole rings is 1. The SMILES string of the molecule is CSc1nnnn1-c1cccc(NC(=O)c2ccccc2S(=O)(=O)[O-])c1.[K+]. The molecule has 0 spiro atoms. The summed E-state index contributed by atoms with van der Waals surface area (Å²) in [6.07, 6.45) is 1.83. The van der Waals surface area contributed by atoms with Gasteiger partial charge in [0.25, 0.3) is 5.91 Å². The van der Waals surface area contributed by atoms with Crippen molar-refractivity contribution in [2.45, 2.75) is 10.1 Å². The van der Waals surface area contributed by atoms with Crippen molar-refractivity contribution < 1.29 is 69.1 Å². The van der Waals surface area contributed by atoms with E-state index < -0.39 is 20.9 Å². The molecule has 12 heteroatoms. The summed E-state index contributed by atoms with van der Waals surface area (Å²) in [7, 11) is -4.77. The number of carbonyl (C=O) groups is 1. The van der Waals surface area contributed by atoms with Crippen molar-refractivity contribution >= 4 is 33.5 Å². The average Bonchev–Trinajstić information content (AvgIpc) is 3.10. The number of rotatable bonds is 5. The Labute approximate surface area is 202 Å². The van der Waals surface area contributed by atoms with Crippen molar-refractivity contribution in [3.8, 4) is 5.69 Å². The minimum atomic E-state index is -4.77. The van der Waals surface area contributed by atoms with Crippen LogP contribution in [-0.4, -0.2) is 45.3 Å². The van der Waals surface area contributed by atoms with Gasteiger partial charge in [-0.05, 0) is 47.0 Å². The minimum Gasteiger partial charge on any atom is -0.744 e. The monoisotopic (exact) mass is 429 g/mol. The second-order valence-corrected chi connectivity index (χ2v) is 7.15. The topological polar surface area (TPSA) is 130 Å². The maximum atomic E-state index is 12.4. The molecule has 0 saturated heterocycles. The van der Waals surface area contributed by atoms with Crippen LogP contribution in [0.15, 0.2) is 58.6 Å². The number of anilines is 1. The third-order valence-electron chi connectivity index (χ3n) is 3.37. The number of hydrogen-bond donors (Lipinski definition) is 1. The largest absolute Gasteiger partial charge is 1.00 e. The Balaban J connectivity index is 0.00000261. The van der Waals surface area contributed by atoms with Crippen molar-refractivity contribution in [2.24, 2.45) is 0 Å². The molecule has 1 aromatic heterocycles. The molecule has 1 heterocycles. The molecule has 0 fully saturated rings. The summed E-state index contributed by atoms with van der Waals surface area (Å²) in [5.74, 6) is -0.709. The van der Waals surface area contributed by atoms with Crippen LogP contribution < -0.4 is 56.7 Å². The standard InChI is InChI=1S/C15H13N5O4S2.K/c1-25-15-17-18-19-20(15)11-6-4-5-10(9-11)16-14(21)12-7-2-3-8-13(12)26(22,23)24;/h2-9H,1H3,(H,16,21)(H,22,23,24);/q;+1/p-1. The third-order valence-corrected chi connectivity index (χ3v) is 4.89. The molecule has 1 N–H and O–H groups in total. The summed E-state index contributed by atoms with van der Waals surface area (Å²) in [4.78, 5) is 11.9. The van der Waals surface area contributed by atoms with Crippen LogP contribution in [0.25, 0.3) is 5.69 Å². The van der Waals surface area contributed by atoms with E-state index in [1.54, 1.807) is 24.3 Å². The second-order valence-electron chi connectivity index (χ2n) is 5.03. The summed E-state index contributed by atoms with van der Waals surface area (Å²) >= 11 is 1.36. The molecule has 0 aliphatic heterocycles. The Morgan fingerprint density at radius 1 is 1.19 bits per heavy atom. The summed E-state index contributed by atoms with van der Waals surface area (Å²) in [6.45, 7) is 0. The number of hydrogen-bond acceptors (Lipinski definition) is 8. The van der Waals surface area contributed by atoms with Gasteiger partial charge in [0.15, 0.2) is 0 Å². The van der Waals surface area contributed by atoms with Gasteiger partial charge in [0.05, 0.1) is 16.1 Å². The molecule has 0 radical (unpaired) electrons. The molecule has 1 amide bonds. The van der Waals surface area contributed by atoms with Gasteiger partial charge in [-0.1, -0.05) is 30.0 Å². The number of benzene rings is 2. The van der Waals surface area contributed by atoms with Crippen LogP contribution in [0.4, 0.5) is 5.69 Å². The van der Waals surface area contributed by atoms with E-state index in [4.69, 9.17) is 0 Å². The molecule has 9 nitrogen and oxygen atoms in total. The Hall–Kier alpha value is -1.12. The van der Waals surface area contributed by atoms with Gasteiger partial charge in [0.1, 0.15) is 10.1 Å². The van der Waals surface area contributed by atoms with Gasteiger partial charge < -0.3 is 9.87 Å². The Kier molecular flexibility index (Phi) is 7.70. The van der Waals surface area contributed by atoms with E-state index in [2.05, 4.69) is 20.8 Å². The quantitative estimate of drug-likeness (QED) is 0.296. The number of amides is 1. The van der Waals surface area contributed by atoms with Gasteiger partial charge in [0, 0.05) is 5.69 Å². The molecule has 0 aliphatic rings. The zero-order chi connectivity index (χ0) is 18.7. The number of aromatic nitrogens is 4. The third kappa shape index (κ3) is 5.23. The Morgan fingerprint density at radius 2 is 1.93 bits per heavy atom. The zero-order valence-corrected chi connectivity index (χ0v) is 19.1. The van der Waals surface area contributed by atoms with Gasteiger partial charge in [-0.15, -0.1) is 5.10 Å². The fourth-order valence-electron chi connectivity index (χ4n) is 2.25. The van der Waals surface area contributed by atoms with E-state index in [0.717, 1.165) is 6.07 Å². The molecular weight excluding hydrogens is 417 g/mol. The van der Waals surface area contributed by atoms with E-state index >= 15 is 0 Å². The van der Waals surface area contributed by atoms with Crippen LogP contribution in [0, 0.1) is 0 Å². The maximum absolute atomic E-state index is 12.4.